The van der Waals surface area contributed by atoms with Crippen molar-refractivity contribution in [1.29, 1.82) is 0 Å². The third kappa shape index (κ3) is 3.77. The van der Waals surface area contributed by atoms with Crippen molar-refractivity contribution >= 4 is 15.9 Å². The van der Waals surface area contributed by atoms with E-state index in [9.17, 15) is 13.2 Å². The van der Waals surface area contributed by atoms with Gasteiger partial charge in [-0.05, 0) is 25.8 Å². The number of hydrogen-bond donors (Lipinski definition) is 0. The van der Waals surface area contributed by atoms with Crippen LogP contribution in [0, 0.1) is 6.92 Å². The molecule has 1 saturated carbocycles. The van der Waals surface area contributed by atoms with Crippen LogP contribution in [-0.4, -0.2) is 65.6 Å². The Morgan fingerprint density at radius 3 is 2.70 bits per heavy atom. The van der Waals surface area contributed by atoms with E-state index >= 15 is 0 Å². The lowest BCUT2D eigenvalue weighted by molar-refractivity contribution is 0.0452. The van der Waals surface area contributed by atoms with Crippen molar-refractivity contribution < 1.29 is 22.2 Å². The fourth-order valence-electron chi connectivity index (χ4n) is 3.27. The molecule has 0 spiro atoms. The highest BCUT2D eigenvalue weighted by Crippen LogP contribution is 2.38. The van der Waals surface area contributed by atoms with E-state index in [0.717, 1.165) is 12.8 Å². The maximum Gasteiger partial charge on any atom is 0.257 e. The Hall–Kier alpha value is -2.20. The number of hydrogen-bond acceptors (Lipinski definition) is 7. The first-order valence-electron chi connectivity index (χ1n) is 8.95. The van der Waals surface area contributed by atoms with Crippen LogP contribution >= 0.6 is 0 Å². The predicted octanol–water partition coefficient (Wildman–Crippen LogP) is 1.18. The average Bonchev–Trinajstić information content (AvgIpc) is 3.14. The van der Waals surface area contributed by atoms with Gasteiger partial charge in [-0.25, -0.2) is 8.42 Å². The lowest BCUT2D eigenvalue weighted by atomic mass is 10.1. The SMILES string of the molecule is Cc1occc1C(=O)N1CC(N(CCc2noc(C3CC3)n2)S(C)(=O)=O)C1. The van der Waals surface area contributed by atoms with Gasteiger partial charge in [0.15, 0.2) is 5.82 Å². The van der Waals surface area contributed by atoms with Gasteiger partial charge in [-0.15, -0.1) is 0 Å². The first-order valence-corrected chi connectivity index (χ1v) is 10.8. The minimum absolute atomic E-state index is 0.141. The van der Waals surface area contributed by atoms with Crippen LogP contribution in [0.5, 0.6) is 0 Å². The Morgan fingerprint density at radius 2 is 2.11 bits per heavy atom. The Bertz CT molecular complexity index is 940. The van der Waals surface area contributed by atoms with E-state index in [4.69, 9.17) is 8.94 Å². The number of rotatable bonds is 7. The van der Waals surface area contributed by atoms with Crippen LogP contribution in [-0.2, 0) is 16.4 Å². The first kappa shape index (κ1) is 18.2. The maximum atomic E-state index is 12.4. The molecule has 0 bridgehead atoms. The van der Waals surface area contributed by atoms with Gasteiger partial charge in [0, 0.05) is 32.0 Å². The van der Waals surface area contributed by atoms with Crippen molar-refractivity contribution in [2.45, 2.75) is 38.1 Å². The van der Waals surface area contributed by atoms with Crippen LogP contribution in [0.15, 0.2) is 21.3 Å². The number of aromatic nitrogens is 2. The molecular weight excluding hydrogens is 372 g/mol. The topological polar surface area (TPSA) is 110 Å². The largest absolute Gasteiger partial charge is 0.469 e. The van der Waals surface area contributed by atoms with Crippen molar-refractivity contribution in [2.75, 3.05) is 25.9 Å². The van der Waals surface area contributed by atoms with E-state index in [1.807, 2.05) is 0 Å². The highest BCUT2D eigenvalue weighted by Gasteiger charge is 2.39. The Morgan fingerprint density at radius 1 is 1.37 bits per heavy atom. The molecule has 2 fully saturated rings. The summed E-state index contributed by atoms with van der Waals surface area (Å²) in [5.74, 6) is 1.96. The van der Waals surface area contributed by atoms with Gasteiger partial charge in [0.2, 0.25) is 15.9 Å². The van der Waals surface area contributed by atoms with Gasteiger partial charge >= 0.3 is 0 Å². The molecule has 0 N–H and O–H groups in total. The van der Waals surface area contributed by atoms with Crippen LogP contribution in [0.4, 0.5) is 0 Å². The summed E-state index contributed by atoms with van der Waals surface area (Å²) in [6.07, 6.45) is 5.18. The van der Waals surface area contributed by atoms with Gasteiger partial charge in [-0.3, -0.25) is 4.79 Å². The fourth-order valence-corrected chi connectivity index (χ4v) is 4.37. The number of carbonyl (C=O) groups is 1. The third-order valence-electron chi connectivity index (χ3n) is 5.04. The van der Waals surface area contributed by atoms with E-state index in [2.05, 4.69) is 10.1 Å². The number of sulfonamides is 1. The van der Waals surface area contributed by atoms with Crippen molar-refractivity contribution in [3.63, 3.8) is 0 Å². The number of likely N-dealkylation sites (tertiary alicyclic amines) is 1. The normalized spacial score (nSPS) is 18.1. The molecule has 1 saturated heterocycles. The number of amides is 1. The molecule has 1 aliphatic carbocycles. The molecule has 27 heavy (non-hydrogen) atoms. The summed E-state index contributed by atoms with van der Waals surface area (Å²) in [4.78, 5) is 18.4. The zero-order chi connectivity index (χ0) is 19.2. The Labute approximate surface area is 157 Å². The van der Waals surface area contributed by atoms with Crippen molar-refractivity contribution in [2.24, 2.45) is 0 Å². The molecule has 3 heterocycles. The predicted molar refractivity (Wildman–Crippen MR) is 94.7 cm³/mol. The highest BCUT2D eigenvalue weighted by molar-refractivity contribution is 7.88. The summed E-state index contributed by atoms with van der Waals surface area (Å²) in [5, 5.41) is 3.94. The number of furan rings is 1. The van der Waals surface area contributed by atoms with Crippen molar-refractivity contribution in [3.05, 3.63) is 35.4 Å². The molecule has 0 aromatic carbocycles. The fraction of sp³-hybridized carbons (Fsp3) is 0.588. The molecule has 0 atom stereocenters. The monoisotopic (exact) mass is 394 g/mol. The molecule has 0 unspecified atom stereocenters. The zero-order valence-electron chi connectivity index (χ0n) is 15.3. The smallest absolute Gasteiger partial charge is 0.257 e. The minimum Gasteiger partial charge on any atom is -0.469 e. The van der Waals surface area contributed by atoms with Gasteiger partial charge < -0.3 is 13.8 Å². The van der Waals surface area contributed by atoms with Crippen molar-refractivity contribution in [3.8, 4) is 0 Å². The summed E-state index contributed by atoms with van der Waals surface area (Å²) in [7, 11) is -3.41. The van der Waals surface area contributed by atoms with Crippen molar-refractivity contribution in [1.82, 2.24) is 19.3 Å². The van der Waals surface area contributed by atoms with E-state index < -0.39 is 10.0 Å². The van der Waals surface area contributed by atoms with Crippen LogP contribution in [0.3, 0.4) is 0 Å². The Kier molecular flexibility index (Phi) is 4.55. The number of nitrogens with zero attached hydrogens (tertiary/aromatic N) is 4. The molecule has 2 aliphatic rings. The molecule has 2 aromatic heterocycles. The van der Waals surface area contributed by atoms with E-state index in [0.29, 0.717) is 48.5 Å². The Balaban J connectivity index is 1.37. The van der Waals surface area contributed by atoms with Gasteiger partial charge in [-0.2, -0.15) is 9.29 Å². The second-order valence-corrected chi connectivity index (χ2v) is 9.14. The molecule has 2 aromatic rings. The number of aryl methyl sites for hydroxylation is 1. The van der Waals surface area contributed by atoms with Gasteiger partial charge in [0.25, 0.3) is 5.91 Å². The van der Waals surface area contributed by atoms with Crippen LogP contribution < -0.4 is 0 Å². The molecule has 4 rings (SSSR count). The zero-order valence-corrected chi connectivity index (χ0v) is 16.1. The summed E-state index contributed by atoms with van der Waals surface area (Å²) in [6.45, 7) is 2.71. The maximum absolute atomic E-state index is 12.4. The van der Waals surface area contributed by atoms with Gasteiger partial charge in [-0.1, -0.05) is 5.16 Å². The van der Waals surface area contributed by atoms with E-state index in [1.54, 1.807) is 17.9 Å². The van der Waals surface area contributed by atoms with Crippen LogP contribution in [0.2, 0.25) is 0 Å². The van der Waals surface area contributed by atoms with E-state index in [-0.39, 0.29) is 18.5 Å². The van der Waals surface area contributed by atoms with Crippen LogP contribution in [0.1, 0.15) is 46.6 Å². The minimum atomic E-state index is -3.41. The van der Waals surface area contributed by atoms with Gasteiger partial charge in [0.1, 0.15) is 5.76 Å². The molecule has 1 aliphatic heterocycles. The summed E-state index contributed by atoms with van der Waals surface area (Å²) < 4.78 is 36.2. The standard InChI is InChI=1S/C17H22N4O5S/c1-11-14(6-8-25-11)17(22)20-9-13(10-20)21(27(2,23)24)7-5-15-18-16(26-19-15)12-3-4-12/h6,8,12-13H,3-5,7,9-10H2,1-2H3. The second kappa shape index (κ2) is 6.75. The van der Waals surface area contributed by atoms with Gasteiger partial charge in [0.05, 0.1) is 24.1 Å². The average molecular weight is 394 g/mol. The molecule has 146 valence electrons. The van der Waals surface area contributed by atoms with E-state index in [1.165, 1.54) is 16.8 Å². The third-order valence-corrected chi connectivity index (χ3v) is 6.37. The molecule has 0 radical (unpaired) electrons. The molecular formula is C17H22N4O5S. The molecule has 1 amide bonds. The molecule has 9 nitrogen and oxygen atoms in total. The second-order valence-electron chi connectivity index (χ2n) is 7.20. The summed E-state index contributed by atoms with van der Waals surface area (Å²) >= 11 is 0. The van der Waals surface area contributed by atoms with Crippen LogP contribution in [0.25, 0.3) is 0 Å². The lowest BCUT2D eigenvalue weighted by Gasteiger charge is -2.44. The summed E-state index contributed by atoms with van der Waals surface area (Å²) in [6, 6.07) is 1.39. The summed E-state index contributed by atoms with van der Waals surface area (Å²) in [5.41, 5.74) is 0.513. The number of carbonyl (C=O) groups excluding carboxylic acids is 1. The molecule has 10 heteroatoms. The first-order chi connectivity index (χ1) is 12.8. The highest BCUT2D eigenvalue weighted by atomic mass is 32.2. The lowest BCUT2D eigenvalue weighted by Crippen LogP contribution is -2.62. The quantitative estimate of drug-likeness (QED) is 0.693.